The van der Waals surface area contributed by atoms with Gasteiger partial charge in [0.1, 0.15) is 0 Å². The highest BCUT2D eigenvalue weighted by atomic mass is 16.5. The summed E-state index contributed by atoms with van der Waals surface area (Å²) < 4.78 is 10.2. The Hall–Kier alpha value is -1.88. The van der Waals surface area contributed by atoms with Gasteiger partial charge in [0.05, 0.1) is 26.2 Å². The monoisotopic (exact) mass is 265 g/mol. The number of ether oxygens (including phenoxy) is 2. The second kappa shape index (κ2) is 8.26. The van der Waals surface area contributed by atoms with E-state index in [0.717, 1.165) is 11.3 Å². The van der Waals surface area contributed by atoms with Gasteiger partial charge in [-0.05, 0) is 24.6 Å². The zero-order valence-corrected chi connectivity index (χ0v) is 11.3. The molecule has 0 fully saturated rings. The molecule has 104 valence electrons. The maximum absolute atomic E-state index is 11.1. The van der Waals surface area contributed by atoms with Crippen LogP contribution in [0.1, 0.15) is 25.8 Å². The largest absolute Gasteiger partial charge is 0.466 e. The van der Waals surface area contributed by atoms with Crippen LogP contribution in [0.25, 0.3) is 0 Å². The lowest BCUT2D eigenvalue weighted by Crippen LogP contribution is -2.08. The van der Waals surface area contributed by atoms with Crippen LogP contribution in [0.3, 0.4) is 0 Å². The Kier molecular flexibility index (Phi) is 6.60. The fourth-order valence-electron chi connectivity index (χ4n) is 1.47. The van der Waals surface area contributed by atoms with Gasteiger partial charge in [-0.3, -0.25) is 9.59 Å². The highest BCUT2D eigenvalue weighted by molar-refractivity contribution is 5.88. The zero-order chi connectivity index (χ0) is 14.1. The molecule has 0 aromatic heterocycles. The Morgan fingerprint density at radius 2 is 1.89 bits per heavy atom. The van der Waals surface area contributed by atoms with Crippen molar-refractivity contribution >= 4 is 17.6 Å². The van der Waals surface area contributed by atoms with E-state index in [1.54, 1.807) is 6.92 Å². The SMILES string of the molecule is CCOC(=O)CCOCc1ccc(NC(C)=O)cc1. The van der Waals surface area contributed by atoms with E-state index in [2.05, 4.69) is 5.32 Å². The number of esters is 1. The van der Waals surface area contributed by atoms with Gasteiger partial charge in [-0.15, -0.1) is 0 Å². The maximum atomic E-state index is 11.1. The van der Waals surface area contributed by atoms with Crippen LogP contribution >= 0.6 is 0 Å². The molecule has 19 heavy (non-hydrogen) atoms. The summed E-state index contributed by atoms with van der Waals surface area (Å²) in [5.41, 5.74) is 1.74. The lowest BCUT2D eigenvalue weighted by atomic mass is 10.2. The first-order chi connectivity index (χ1) is 9.11. The number of rotatable bonds is 7. The van der Waals surface area contributed by atoms with E-state index in [1.807, 2.05) is 24.3 Å². The number of carbonyl (C=O) groups is 2. The summed E-state index contributed by atoms with van der Waals surface area (Å²) in [6.45, 7) is 4.40. The van der Waals surface area contributed by atoms with Crippen molar-refractivity contribution in [1.29, 1.82) is 0 Å². The molecule has 1 N–H and O–H groups in total. The molecule has 1 amide bonds. The fourth-order valence-corrected chi connectivity index (χ4v) is 1.47. The highest BCUT2D eigenvalue weighted by Gasteiger charge is 2.01. The van der Waals surface area contributed by atoms with Crippen molar-refractivity contribution in [3.05, 3.63) is 29.8 Å². The molecule has 0 aliphatic carbocycles. The summed E-state index contributed by atoms with van der Waals surface area (Å²) in [7, 11) is 0. The Labute approximate surface area is 112 Å². The molecular weight excluding hydrogens is 246 g/mol. The molecule has 0 atom stereocenters. The number of anilines is 1. The molecule has 0 heterocycles. The van der Waals surface area contributed by atoms with E-state index in [-0.39, 0.29) is 18.3 Å². The molecule has 0 bridgehead atoms. The van der Waals surface area contributed by atoms with Crippen LogP contribution in [0.4, 0.5) is 5.69 Å². The van der Waals surface area contributed by atoms with E-state index in [1.165, 1.54) is 6.92 Å². The van der Waals surface area contributed by atoms with Crippen LogP contribution in [0, 0.1) is 0 Å². The van der Waals surface area contributed by atoms with Crippen molar-refractivity contribution in [1.82, 2.24) is 0 Å². The Morgan fingerprint density at radius 3 is 2.47 bits per heavy atom. The fraction of sp³-hybridized carbons (Fsp3) is 0.429. The number of hydrogen-bond donors (Lipinski definition) is 1. The number of carbonyl (C=O) groups excluding carboxylic acids is 2. The smallest absolute Gasteiger partial charge is 0.308 e. The van der Waals surface area contributed by atoms with Gasteiger partial charge in [0.2, 0.25) is 5.91 Å². The Morgan fingerprint density at radius 1 is 1.21 bits per heavy atom. The minimum atomic E-state index is -0.247. The second-order valence-corrected chi connectivity index (χ2v) is 3.99. The molecule has 5 heteroatoms. The average Bonchev–Trinajstić information content (AvgIpc) is 2.36. The molecule has 5 nitrogen and oxygen atoms in total. The number of amides is 1. The van der Waals surface area contributed by atoms with Crippen LogP contribution in [0.5, 0.6) is 0 Å². The van der Waals surface area contributed by atoms with Crippen LogP contribution < -0.4 is 5.32 Å². The van der Waals surface area contributed by atoms with Crippen molar-refractivity contribution in [2.75, 3.05) is 18.5 Å². The van der Waals surface area contributed by atoms with E-state index in [4.69, 9.17) is 9.47 Å². The minimum Gasteiger partial charge on any atom is -0.466 e. The highest BCUT2D eigenvalue weighted by Crippen LogP contribution is 2.10. The summed E-state index contributed by atoms with van der Waals surface area (Å²) in [6, 6.07) is 7.36. The summed E-state index contributed by atoms with van der Waals surface area (Å²) in [6.07, 6.45) is 0.262. The lowest BCUT2D eigenvalue weighted by Gasteiger charge is -2.06. The summed E-state index contributed by atoms with van der Waals surface area (Å²) in [5.74, 6) is -0.345. The van der Waals surface area contributed by atoms with Gasteiger partial charge in [0.25, 0.3) is 0 Å². The summed E-state index contributed by atoms with van der Waals surface area (Å²) >= 11 is 0. The van der Waals surface area contributed by atoms with Crippen LogP contribution in [0.2, 0.25) is 0 Å². The van der Waals surface area contributed by atoms with Crippen LogP contribution in [-0.4, -0.2) is 25.1 Å². The molecule has 1 aromatic rings. The van der Waals surface area contributed by atoms with E-state index in [9.17, 15) is 9.59 Å². The molecule has 1 aromatic carbocycles. The molecule has 0 radical (unpaired) electrons. The Balaban J connectivity index is 2.26. The van der Waals surface area contributed by atoms with Crippen molar-refractivity contribution < 1.29 is 19.1 Å². The van der Waals surface area contributed by atoms with Crippen molar-refractivity contribution in [3.63, 3.8) is 0 Å². The molecule has 0 saturated carbocycles. The van der Waals surface area contributed by atoms with Crippen molar-refractivity contribution in [3.8, 4) is 0 Å². The molecule has 0 aliphatic heterocycles. The third kappa shape index (κ3) is 6.57. The predicted octanol–water partition coefficient (Wildman–Crippen LogP) is 2.11. The predicted molar refractivity (Wildman–Crippen MR) is 71.7 cm³/mol. The van der Waals surface area contributed by atoms with Crippen LogP contribution in [-0.2, 0) is 25.7 Å². The van der Waals surface area contributed by atoms with Gasteiger partial charge in [-0.25, -0.2) is 0 Å². The minimum absolute atomic E-state index is 0.0987. The van der Waals surface area contributed by atoms with Gasteiger partial charge in [0.15, 0.2) is 0 Å². The summed E-state index contributed by atoms with van der Waals surface area (Å²) in [4.78, 5) is 21.9. The number of hydrogen-bond acceptors (Lipinski definition) is 4. The van der Waals surface area contributed by atoms with E-state index >= 15 is 0 Å². The summed E-state index contributed by atoms with van der Waals surface area (Å²) in [5, 5.41) is 2.69. The first-order valence-electron chi connectivity index (χ1n) is 6.21. The molecule has 1 rings (SSSR count). The standard InChI is InChI=1S/C14H19NO4/c1-3-19-14(17)8-9-18-10-12-4-6-13(7-5-12)15-11(2)16/h4-7H,3,8-10H2,1-2H3,(H,15,16). The van der Waals surface area contributed by atoms with Gasteiger partial charge >= 0.3 is 5.97 Å². The lowest BCUT2D eigenvalue weighted by molar-refractivity contribution is -0.144. The van der Waals surface area contributed by atoms with Gasteiger partial charge in [-0.1, -0.05) is 12.1 Å². The van der Waals surface area contributed by atoms with Gasteiger partial charge in [-0.2, -0.15) is 0 Å². The third-order valence-electron chi connectivity index (χ3n) is 2.30. The quantitative estimate of drug-likeness (QED) is 0.606. The van der Waals surface area contributed by atoms with Gasteiger partial charge in [0, 0.05) is 12.6 Å². The first-order valence-corrected chi connectivity index (χ1v) is 6.21. The van der Waals surface area contributed by atoms with Crippen molar-refractivity contribution in [2.45, 2.75) is 26.9 Å². The topological polar surface area (TPSA) is 64.6 Å². The second-order valence-electron chi connectivity index (χ2n) is 3.99. The molecule has 0 unspecified atom stereocenters. The van der Waals surface area contributed by atoms with E-state index in [0.29, 0.717) is 19.8 Å². The zero-order valence-electron chi connectivity index (χ0n) is 11.3. The molecule has 0 saturated heterocycles. The first kappa shape index (κ1) is 15.2. The molecule has 0 aliphatic rings. The van der Waals surface area contributed by atoms with Crippen molar-refractivity contribution in [2.24, 2.45) is 0 Å². The van der Waals surface area contributed by atoms with Gasteiger partial charge < -0.3 is 14.8 Å². The number of nitrogens with one attached hydrogen (secondary N) is 1. The normalized spacial score (nSPS) is 10.0. The number of benzene rings is 1. The molecule has 0 spiro atoms. The third-order valence-corrected chi connectivity index (χ3v) is 2.30. The molecular formula is C14H19NO4. The maximum Gasteiger partial charge on any atom is 0.308 e. The van der Waals surface area contributed by atoms with E-state index < -0.39 is 0 Å². The average molecular weight is 265 g/mol. The Bertz CT molecular complexity index is 414. The van der Waals surface area contributed by atoms with Crippen LogP contribution in [0.15, 0.2) is 24.3 Å².